The predicted octanol–water partition coefficient (Wildman–Crippen LogP) is 5.26. The van der Waals surface area contributed by atoms with Crippen LogP contribution in [0.5, 0.6) is 0 Å². The molecule has 0 saturated carbocycles. The standard InChI is InChI=1S/C14H26/c1-4-6-7-8-9-10-11-13-14(3)12-5-2/h10-12H,4-9,13H2,1-3H3/b11-10-,14-12+. The molecule has 0 bridgehead atoms. The van der Waals surface area contributed by atoms with E-state index in [2.05, 4.69) is 39.0 Å². The summed E-state index contributed by atoms with van der Waals surface area (Å²) in [6.45, 7) is 6.66. The Morgan fingerprint density at radius 3 is 2.43 bits per heavy atom. The van der Waals surface area contributed by atoms with Gasteiger partial charge in [-0.15, -0.1) is 0 Å². The molecule has 0 heterocycles. The molecule has 0 nitrogen and oxygen atoms in total. The molecule has 0 rings (SSSR count). The molecule has 0 fully saturated rings. The van der Waals surface area contributed by atoms with Crippen LogP contribution in [0.3, 0.4) is 0 Å². The summed E-state index contributed by atoms with van der Waals surface area (Å²) >= 11 is 0. The summed E-state index contributed by atoms with van der Waals surface area (Å²) in [5.41, 5.74) is 1.50. The zero-order valence-electron chi connectivity index (χ0n) is 10.2. The second-order valence-electron chi connectivity index (χ2n) is 3.98. The van der Waals surface area contributed by atoms with Gasteiger partial charge < -0.3 is 0 Å². The number of rotatable bonds is 8. The van der Waals surface area contributed by atoms with Gasteiger partial charge in [-0.05, 0) is 32.6 Å². The van der Waals surface area contributed by atoms with Crippen molar-refractivity contribution in [3.05, 3.63) is 23.8 Å². The van der Waals surface area contributed by atoms with Crippen LogP contribution in [0, 0.1) is 0 Å². The molecule has 0 saturated heterocycles. The van der Waals surface area contributed by atoms with E-state index in [1.807, 2.05) is 0 Å². The van der Waals surface area contributed by atoms with Crippen molar-refractivity contribution < 1.29 is 0 Å². The number of unbranched alkanes of at least 4 members (excludes halogenated alkanes) is 4. The molecular weight excluding hydrogens is 168 g/mol. The molecular formula is C14H26. The zero-order chi connectivity index (χ0) is 10.6. The molecule has 14 heavy (non-hydrogen) atoms. The van der Waals surface area contributed by atoms with Gasteiger partial charge in [-0.25, -0.2) is 0 Å². The van der Waals surface area contributed by atoms with Crippen LogP contribution in [-0.2, 0) is 0 Å². The fourth-order valence-corrected chi connectivity index (χ4v) is 1.51. The lowest BCUT2D eigenvalue weighted by molar-refractivity contribution is 0.674. The van der Waals surface area contributed by atoms with Crippen molar-refractivity contribution in [2.24, 2.45) is 0 Å². The summed E-state index contributed by atoms with van der Waals surface area (Å²) in [5.74, 6) is 0. The van der Waals surface area contributed by atoms with Crippen molar-refractivity contribution in [3.8, 4) is 0 Å². The highest BCUT2D eigenvalue weighted by atomic mass is 13.9. The van der Waals surface area contributed by atoms with Crippen LogP contribution in [0.25, 0.3) is 0 Å². The average Bonchev–Trinajstić information content (AvgIpc) is 2.17. The van der Waals surface area contributed by atoms with E-state index in [4.69, 9.17) is 0 Å². The minimum absolute atomic E-state index is 1.14. The first-order valence-corrected chi connectivity index (χ1v) is 6.11. The highest BCUT2D eigenvalue weighted by molar-refractivity contribution is 5.03. The maximum atomic E-state index is 2.34. The van der Waals surface area contributed by atoms with Gasteiger partial charge in [0.15, 0.2) is 0 Å². The first kappa shape index (κ1) is 13.5. The van der Waals surface area contributed by atoms with Crippen molar-refractivity contribution in [1.29, 1.82) is 0 Å². The topological polar surface area (TPSA) is 0 Å². The van der Waals surface area contributed by atoms with E-state index in [9.17, 15) is 0 Å². The molecule has 0 amide bonds. The smallest absolute Gasteiger partial charge is 0.0142 e. The SMILES string of the molecule is CC/C=C(\C)C/C=C\CCCCCC. The van der Waals surface area contributed by atoms with Crippen LogP contribution < -0.4 is 0 Å². The Balaban J connectivity index is 3.31. The predicted molar refractivity (Wildman–Crippen MR) is 66.6 cm³/mol. The quantitative estimate of drug-likeness (QED) is 0.365. The minimum Gasteiger partial charge on any atom is -0.0882 e. The van der Waals surface area contributed by atoms with Crippen LogP contribution >= 0.6 is 0 Å². The summed E-state index contributed by atoms with van der Waals surface area (Å²) in [6, 6.07) is 0. The molecule has 0 aliphatic heterocycles. The maximum Gasteiger partial charge on any atom is -0.0142 e. The molecule has 0 radical (unpaired) electrons. The van der Waals surface area contributed by atoms with Gasteiger partial charge in [-0.3, -0.25) is 0 Å². The van der Waals surface area contributed by atoms with E-state index in [1.54, 1.807) is 0 Å². The average molecular weight is 194 g/mol. The van der Waals surface area contributed by atoms with Gasteiger partial charge >= 0.3 is 0 Å². The summed E-state index contributed by atoms with van der Waals surface area (Å²) in [5, 5.41) is 0. The first-order valence-electron chi connectivity index (χ1n) is 6.11. The number of hydrogen-bond acceptors (Lipinski definition) is 0. The first-order chi connectivity index (χ1) is 6.81. The Bertz CT molecular complexity index is 163. The van der Waals surface area contributed by atoms with Crippen molar-refractivity contribution in [2.45, 2.75) is 65.7 Å². The molecule has 0 aromatic carbocycles. The Morgan fingerprint density at radius 1 is 1.00 bits per heavy atom. The van der Waals surface area contributed by atoms with Crippen LogP contribution in [0.2, 0.25) is 0 Å². The van der Waals surface area contributed by atoms with Gasteiger partial charge in [-0.2, -0.15) is 0 Å². The second-order valence-corrected chi connectivity index (χ2v) is 3.98. The third-order valence-electron chi connectivity index (χ3n) is 2.38. The van der Waals surface area contributed by atoms with Gasteiger partial charge in [0.05, 0.1) is 0 Å². The second kappa shape index (κ2) is 10.6. The fraction of sp³-hybridized carbons (Fsp3) is 0.714. The lowest BCUT2D eigenvalue weighted by Gasteiger charge is -1.95. The lowest BCUT2D eigenvalue weighted by atomic mass is 10.1. The van der Waals surface area contributed by atoms with E-state index < -0.39 is 0 Å². The highest BCUT2D eigenvalue weighted by Gasteiger charge is 1.85. The summed E-state index contributed by atoms with van der Waals surface area (Å²) < 4.78 is 0. The number of hydrogen-bond donors (Lipinski definition) is 0. The molecule has 0 aromatic heterocycles. The minimum atomic E-state index is 1.14. The van der Waals surface area contributed by atoms with Gasteiger partial charge in [-0.1, -0.05) is 56.9 Å². The van der Waals surface area contributed by atoms with Gasteiger partial charge in [0.1, 0.15) is 0 Å². The van der Waals surface area contributed by atoms with E-state index in [-0.39, 0.29) is 0 Å². The van der Waals surface area contributed by atoms with Crippen LogP contribution in [-0.4, -0.2) is 0 Å². The van der Waals surface area contributed by atoms with Crippen LogP contribution in [0.1, 0.15) is 65.7 Å². The van der Waals surface area contributed by atoms with Crippen molar-refractivity contribution in [1.82, 2.24) is 0 Å². The van der Waals surface area contributed by atoms with E-state index in [1.165, 1.54) is 37.7 Å². The summed E-state index contributed by atoms with van der Waals surface area (Å²) in [4.78, 5) is 0. The fourth-order valence-electron chi connectivity index (χ4n) is 1.51. The normalized spacial score (nSPS) is 12.6. The summed E-state index contributed by atoms with van der Waals surface area (Å²) in [7, 11) is 0. The van der Waals surface area contributed by atoms with Gasteiger partial charge in [0.25, 0.3) is 0 Å². The van der Waals surface area contributed by atoms with Crippen molar-refractivity contribution in [2.75, 3.05) is 0 Å². The maximum absolute atomic E-state index is 2.34. The Morgan fingerprint density at radius 2 is 1.79 bits per heavy atom. The lowest BCUT2D eigenvalue weighted by Crippen LogP contribution is -1.75. The third-order valence-corrected chi connectivity index (χ3v) is 2.38. The Labute approximate surface area is 90.1 Å². The van der Waals surface area contributed by atoms with Gasteiger partial charge in [0.2, 0.25) is 0 Å². The molecule has 0 heteroatoms. The molecule has 0 atom stereocenters. The van der Waals surface area contributed by atoms with Crippen LogP contribution in [0.15, 0.2) is 23.8 Å². The molecule has 0 aliphatic rings. The molecule has 82 valence electrons. The Hall–Kier alpha value is -0.520. The van der Waals surface area contributed by atoms with Gasteiger partial charge in [0, 0.05) is 0 Å². The highest BCUT2D eigenvalue weighted by Crippen LogP contribution is 2.06. The van der Waals surface area contributed by atoms with E-state index >= 15 is 0 Å². The monoisotopic (exact) mass is 194 g/mol. The van der Waals surface area contributed by atoms with E-state index in [0.29, 0.717) is 0 Å². The molecule has 0 unspecified atom stereocenters. The molecule has 0 spiro atoms. The zero-order valence-corrected chi connectivity index (χ0v) is 10.2. The summed E-state index contributed by atoms with van der Waals surface area (Å²) in [6.07, 6.45) is 16.0. The van der Waals surface area contributed by atoms with Crippen LogP contribution in [0.4, 0.5) is 0 Å². The third kappa shape index (κ3) is 9.57. The molecule has 0 aliphatic carbocycles. The number of allylic oxidation sites excluding steroid dienone is 4. The molecule has 0 N–H and O–H groups in total. The van der Waals surface area contributed by atoms with Crippen molar-refractivity contribution in [3.63, 3.8) is 0 Å². The Kier molecular flexibility index (Phi) is 10.2. The van der Waals surface area contributed by atoms with Crippen molar-refractivity contribution >= 4 is 0 Å². The van der Waals surface area contributed by atoms with E-state index in [0.717, 1.165) is 12.8 Å². The molecule has 0 aromatic rings. The largest absolute Gasteiger partial charge is 0.0882 e.